The Morgan fingerprint density at radius 2 is 1.80 bits per heavy atom. The van der Waals surface area contributed by atoms with Crippen molar-refractivity contribution in [2.24, 2.45) is 0 Å². The summed E-state index contributed by atoms with van der Waals surface area (Å²) >= 11 is 0. The number of sulfone groups is 1. The molecule has 0 saturated carbocycles. The number of anilines is 1. The minimum absolute atomic E-state index is 0.0129. The lowest BCUT2D eigenvalue weighted by Crippen LogP contribution is -2.51. The smallest absolute Gasteiger partial charge is 0.408 e. The van der Waals surface area contributed by atoms with E-state index in [1.54, 1.807) is 51.1 Å². The lowest BCUT2D eigenvalue weighted by molar-refractivity contribution is -0.120. The Hall–Kier alpha value is -3.80. The molecule has 3 amide bonds. The van der Waals surface area contributed by atoms with Crippen LogP contribution in [0.25, 0.3) is 0 Å². The third kappa shape index (κ3) is 8.84. The van der Waals surface area contributed by atoms with Crippen molar-refractivity contribution >= 4 is 33.4 Å². The van der Waals surface area contributed by atoms with E-state index >= 15 is 0 Å². The Kier molecular flexibility index (Phi) is 9.90. The van der Waals surface area contributed by atoms with Gasteiger partial charge in [0.05, 0.1) is 22.9 Å². The molecule has 2 aromatic rings. The predicted molar refractivity (Wildman–Crippen MR) is 151 cm³/mol. The number of hydrogen-bond acceptors (Lipinski definition) is 6. The summed E-state index contributed by atoms with van der Waals surface area (Å²) in [5.41, 5.74) is -0.184. The van der Waals surface area contributed by atoms with E-state index in [1.165, 1.54) is 36.1 Å². The van der Waals surface area contributed by atoms with E-state index < -0.39 is 57.5 Å². The molecule has 41 heavy (non-hydrogen) atoms. The first-order valence-electron chi connectivity index (χ1n) is 13.1. The van der Waals surface area contributed by atoms with E-state index in [2.05, 4.69) is 10.6 Å². The molecule has 1 aliphatic rings. The fourth-order valence-electron chi connectivity index (χ4n) is 4.26. The summed E-state index contributed by atoms with van der Waals surface area (Å²) in [6, 6.07) is 11.2. The summed E-state index contributed by atoms with van der Waals surface area (Å²) in [5.74, 6) is -5.01. The summed E-state index contributed by atoms with van der Waals surface area (Å²) in [4.78, 5) is 40.2. The van der Waals surface area contributed by atoms with Crippen LogP contribution in [0.3, 0.4) is 0 Å². The molecule has 9 nitrogen and oxygen atoms in total. The standard InChI is InChI=1S/C29H35F2N3O6S/c1-5-14-29(30,31)15-9-16-32-25(35)21-12-13-24-23(17-21)34(18-20-10-7-6-8-11-20)26(36)22(19-41(24,38)39)33-27(37)40-28(2,3)4/h5-8,10-14,17,22H,9,15-16,18-19H2,1-4H3,(H,32,35)(H,33,37)/b14-5+/t22-/m0/s1. The maximum Gasteiger partial charge on any atom is 0.408 e. The number of alkyl carbamates (subject to hydrolysis) is 1. The van der Waals surface area contributed by atoms with E-state index in [0.717, 1.165) is 6.08 Å². The van der Waals surface area contributed by atoms with Crippen molar-refractivity contribution in [2.45, 2.75) is 69.5 Å². The second-order valence-electron chi connectivity index (χ2n) is 10.7. The average molecular weight is 592 g/mol. The summed E-state index contributed by atoms with van der Waals surface area (Å²) in [5, 5.41) is 4.95. The van der Waals surface area contributed by atoms with Crippen LogP contribution in [0.4, 0.5) is 19.3 Å². The van der Waals surface area contributed by atoms with E-state index in [4.69, 9.17) is 4.74 Å². The maximum atomic E-state index is 13.8. The zero-order valence-corrected chi connectivity index (χ0v) is 24.3. The van der Waals surface area contributed by atoms with Crippen LogP contribution in [0.1, 0.15) is 56.5 Å². The number of fused-ring (bicyclic) bond motifs is 1. The SMILES string of the molecule is C/C=C/C(F)(F)CCCNC(=O)c1ccc2c(c1)N(Cc1ccccc1)C(=O)[C@@H](NC(=O)OC(C)(C)C)CS2(=O)=O. The molecule has 0 spiro atoms. The number of carbonyl (C=O) groups excluding carboxylic acids is 3. The third-order valence-electron chi connectivity index (χ3n) is 6.05. The number of hydrogen-bond donors (Lipinski definition) is 2. The molecule has 0 aliphatic carbocycles. The molecule has 2 aromatic carbocycles. The van der Waals surface area contributed by atoms with Crippen molar-refractivity contribution in [1.82, 2.24) is 10.6 Å². The van der Waals surface area contributed by atoms with Gasteiger partial charge < -0.3 is 20.3 Å². The monoisotopic (exact) mass is 591 g/mol. The molecule has 0 bridgehead atoms. The minimum Gasteiger partial charge on any atom is -0.444 e. The number of benzene rings is 2. The van der Waals surface area contributed by atoms with Crippen LogP contribution in [-0.4, -0.2) is 56.2 Å². The Labute approximate surface area is 238 Å². The fraction of sp³-hybridized carbons (Fsp3) is 0.414. The largest absolute Gasteiger partial charge is 0.444 e. The first kappa shape index (κ1) is 31.7. The number of ether oxygens (including phenoxy) is 1. The van der Waals surface area contributed by atoms with Gasteiger partial charge in [-0.15, -0.1) is 0 Å². The van der Waals surface area contributed by atoms with Crippen LogP contribution in [0, 0.1) is 0 Å². The number of allylic oxidation sites excluding steroid dienone is 2. The summed E-state index contributed by atoms with van der Waals surface area (Å²) < 4.78 is 59.4. The van der Waals surface area contributed by atoms with Crippen LogP contribution in [0.5, 0.6) is 0 Å². The van der Waals surface area contributed by atoms with Crippen LogP contribution in [-0.2, 0) is 25.9 Å². The molecule has 0 radical (unpaired) electrons. The van der Waals surface area contributed by atoms with Gasteiger partial charge in [-0.3, -0.25) is 9.59 Å². The molecule has 0 unspecified atom stereocenters. The normalized spacial score (nSPS) is 17.1. The molecule has 1 atom stereocenters. The van der Waals surface area contributed by atoms with Gasteiger partial charge in [0.15, 0.2) is 9.84 Å². The fourth-order valence-corrected chi connectivity index (χ4v) is 5.86. The van der Waals surface area contributed by atoms with Gasteiger partial charge in [-0.1, -0.05) is 36.4 Å². The molecule has 2 N–H and O–H groups in total. The molecule has 12 heteroatoms. The Morgan fingerprint density at radius 1 is 1.12 bits per heavy atom. The van der Waals surface area contributed by atoms with Crippen LogP contribution >= 0.6 is 0 Å². The molecule has 1 heterocycles. The van der Waals surface area contributed by atoms with E-state index in [0.29, 0.717) is 5.56 Å². The molecule has 0 fully saturated rings. The van der Waals surface area contributed by atoms with E-state index in [9.17, 15) is 31.6 Å². The number of halogens is 2. The summed E-state index contributed by atoms with van der Waals surface area (Å²) in [7, 11) is -4.11. The number of nitrogens with one attached hydrogen (secondary N) is 2. The zero-order valence-electron chi connectivity index (χ0n) is 23.4. The Morgan fingerprint density at radius 3 is 2.44 bits per heavy atom. The van der Waals surface area contributed by atoms with Crippen molar-refractivity contribution in [2.75, 3.05) is 17.2 Å². The van der Waals surface area contributed by atoms with Crippen LogP contribution in [0.2, 0.25) is 0 Å². The maximum absolute atomic E-state index is 13.8. The van der Waals surface area contributed by atoms with Gasteiger partial charge >= 0.3 is 6.09 Å². The molecule has 3 rings (SSSR count). The lowest BCUT2D eigenvalue weighted by atomic mass is 10.1. The lowest BCUT2D eigenvalue weighted by Gasteiger charge is -2.27. The highest BCUT2D eigenvalue weighted by Crippen LogP contribution is 2.33. The van der Waals surface area contributed by atoms with Crippen molar-refractivity contribution in [3.05, 3.63) is 71.8 Å². The first-order chi connectivity index (χ1) is 19.1. The highest BCUT2D eigenvalue weighted by Gasteiger charge is 2.39. The van der Waals surface area contributed by atoms with Gasteiger partial charge in [-0.05, 0) is 64.0 Å². The summed E-state index contributed by atoms with van der Waals surface area (Å²) in [6.07, 6.45) is 0.671. The van der Waals surface area contributed by atoms with Crippen molar-refractivity contribution in [3.63, 3.8) is 0 Å². The Bertz CT molecular complexity index is 1410. The Balaban J connectivity index is 1.93. The minimum atomic E-state index is -4.11. The molecular weight excluding hydrogens is 556 g/mol. The quantitative estimate of drug-likeness (QED) is 0.324. The predicted octanol–water partition coefficient (Wildman–Crippen LogP) is 4.62. The van der Waals surface area contributed by atoms with Gasteiger partial charge in [0.2, 0.25) is 0 Å². The number of rotatable bonds is 9. The van der Waals surface area contributed by atoms with Crippen molar-refractivity contribution < 1.29 is 36.3 Å². The number of nitrogens with zero attached hydrogens (tertiary/aromatic N) is 1. The highest BCUT2D eigenvalue weighted by atomic mass is 32.2. The van der Waals surface area contributed by atoms with Gasteiger partial charge in [-0.25, -0.2) is 22.0 Å². The van der Waals surface area contributed by atoms with Gasteiger partial charge in [-0.2, -0.15) is 0 Å². The topological polar surface area (TPSA) is 122 Å². The van der Waals surface area contributed by atoms with Gasteiger partial charge in [0.1, 0.15) is 11.6 Å². The first-order valence-corrected chi connectivity index (χ1v) is 14.8. The number of amides is 3. The van der Waals surface area contributed by atoms with Crippen molar-refractivity contribution in [1.29, 1.82) is 0 Å². The van der Waals surface area contributed by atoms with Crippen LogP contribution in [0.15, 0.2) is 65.6 Å². The molecule has 1 aliphatic heterocycles. The second kappa shape index (κ2) is 12.8. The highest BCUT2D eigenvalue weighted by molar-refractivity contribution is 7.91. The summed E-state index contributed by atoms with van der Waals surface area (Å²) in [6.45, 7) is 6.33. The van der Waals surface area contributed by atoms with Gasteiger partial charge in [0, 0.05) is 18.5 Å². The number of carbonyl (C=O) groups is 3. The van der Waals surface area contributed by atoms with E-state index in [1.807, 2.05) is 0 Å². The number of alkyl halides is 2. The van der Waals surface area contributed by atoms with Crippen LogP contribution < -0.4 is 15.5 Å². The molecule has 0 aromatic heterocycles. The average Bonchev–Trinajstić information content (AvgIpc) is 2.94. The second-order valence-corrected chi connectivity index (χ2v) is 12.7. The zero-order chi connectivity index (χ0) is 30.4. The molecule has 0 saturated heterocycles. The van der Waals surface area contributed by atoms with Gasteiger partial charge in [0.25, 0.3) is 17.7 Å². The molecule has 222 valence electrons. The molecular formula is C29H35F2N3O6S. The van der Waals surface area contributed by atoms with E-state index in [-0.39, 0.29) is 35.7 Å². The third-order valence-corrected chi connectivity index (χ3v) is 7.84. The van der Waals surface area contributed by atoms with Crippen molar-refractivity contribution in [3.8, 4) is 0 Å².